The number of hydrogen-bond acceptors (Lipinski definition) is 11. The third-order valence-electron chi connectivity index (χ3n) is 9.19. The number of nitrogen functional groups attached to an aromatic ring is 1. The summed E-state index contributed by atoms with van der Waals surface area (Å²) >= 11 is 1.56. The van der Waals surface area contributed by atoms with Gasteiger partial charge in [0, 0.05) is 30.8 Å². The molecule has 5 amide bonds. The number of anilines is 3. The Labute approximate surface area is 335 Å². The number of likely N-dealkylation sites (tertiary alicyclic amines) is 1. The maximum atomic E-state index is 13.9. The minimum absolute atomic E-state index is 0.00125. The van der Waals surface area contributed by atoms with Crippen molar-refractivity contribution in [3.63, 3.8) is 0 Å². The lowest BCUT2D eigenvalue weighted by molar-refractivity contribution is -0.144. The number of hydrogen-bond donors (Lipinski definition) is 6. The Kier molecular flexibility index (Phi) is 14.5. The van der Waals surface area contributed by atoms with E-state index in [9.17, 15) is 29.1 Å². The second-order valence-electron chi connectivity index (χ2n) is 14.7. The van der Waals surface area contributed by atoms with Crippen LogP contribution in [-0.2, 0) is 35.2 Å². The van der Waals surface area contributed by atoms with Crippen LogP contribution in [0.15, 0.2) is 78.3 Å². The fourth-order valence-electron chi connectivity index (χ4n) is 6.14. The molecule has 0 aliphatic carbocycles. The van der Waals surface area contributed by atoms with E-state index >= 15 is 0 Å². The number of rotatable bonds is 16. The number of carbonyl (C=O) groups excluding carboxylic acids is 5. The number of carbonyl (C=O) groups is 5. The Balaban J connectivity index is 1.02. The van der Waals surface area contributed by atoms with Crippen LogP contribution in [0.1, 0.15) is 48.8 Å². The van der Waals surface area contributed by atoms with Crippen molar-refractivity contribution in [1.29, 1.82) is 0 Å². The molecule has 7 N–H and O–H groups in total. The predicted octanol–water partition coefficient (Wildman–Crippen LogP) is 3.73. The molecule has 15 nitrogen and oxygen atoms in total. The summed E-state index contributed by atoms with van der Waals surface area (Å²) in [7, 11) is 0. The molecule has 3 atom stereocenters. The standard InChI is InChI=1S/C41H49N7O8S/c1-25-36(57-24-44-25)27-11-9-26(10-12-27)20-43-39(53)33-19-30(49)21-48(33)40(54)37(41(2,3)4)47-35(51)23-56-18-17-55-22-34(50)45-29-15-13-28(14-16-29)38(52)46-32-8-6-5-7-31(32)42/h5-16,24,30,33,37,49H,17-23,42H2,1-4H3,(H,43,53)(H,45,50)(H,46,52)(H,47,51)/t30-,33+,37-/m1/s1. The van der Waals surface area contributed by atoms with Crippen molar-refractivity contribution in [2.75, 3.05) is 49.3 Å². The van der Waals surface area contributed by atoms with Crippen molar-refractivity contribution >= 4 is 57.9 Å². The topological polar surface area (TPSA) is 214 Å². The fourth-order valence-corrected chi connectivity index (χ4v) is 6.95. The molecule has 2 heterocycles. The minimum atomic E-state index is -1.01. The maximum Gasteiger partial charge on any atom is 0.255 e. The van der Waals surface area contributed by atoms with Gasteiger partial charge in [-0.25, -0.2) is 4.98 Å². The smallest absolute Gasteiger partial charge is 0.255 e. The number of aromatic nitrogens is 1. The normalized spacial score (nSPS) is 15.8. The third kappa shape index (κ3) is 11.9. The number of nitrogens with one attached hydrogen (secondary N) is 4. The van der Waals surface area contributed by atoms with E-state index in [1.807, 2.05) is 31.2 Å². The molecule has 0 radical (unpaired) electrons. The quantitative estimate of drug-likeness (QED) is 0.0714. The number of nitrogens with zero attached hydrogens (tertiary/aromatic N) is 2. The molecule has 1 fully saturated rings. The Hall–Kier alpha value is -5.68. The van der Waals surface area contributed by atoms with E-state index in [1.165, 1.54) is 4.90 Å². The zero-order valence-corrected chi connectivity index (χ0v) is 33.2. The highest BCUT2D eigenvalue weighted by molar-refractivity contribution is 7.13. The van der Waals surface area contributed by atoms with Crippen molar-refractivity contribution in [2.24, 2.45) is 5.41 Å². The summed E-state index contributed by atoms with van der Waals surface area (Å²) in [6, 6.07) is 19.1. The van der Waals surface area contributed by atoms with E-state index in [-0.39, 0.29) is 51.8 Å². The summed E-state index contributed by atoms with van der Waals surface area (Å²) in [6.07, 6.45) is -0.822. The van der Waals surface area contributed by atoms with Gasteiger partial charge in [-0.2, -0.15) is 0 Å². The summed E-state index contributed by atoms with van der Waals surface area (Å²) in [5.74, 6) is -2.21. The highest BCUT2D eigenvalue weighted by Crippen LogP contribution is 2.28. The van der Waals surface area contributed by atoms with Gasteiger partial charge in [0.15, 0.2) is 0 Å². The predicted molar refractivity (Wildman–Crippen MR) is 217 cm³/mol. The monoisotopic (exact) mass is 799 g/mol. The first-order valence-electron chi connectivity index (χ1n) is 18.5. The van der Waals surface area contributed by atoms with Gasteiger partial charge in [0.25, 0.3) is 5.91 Å². The van der Waals surface area contributed by atoms with Crippen molar-refractivity contribution < 1.29 is 38.6 Å². The molecule has 0 unspecified atom stereocenters. The largest absolute Gasteiger partial charge is 0.397 e. The molecule has 1 saturated heterocycles. The van der Waals surface area contributed by atoms with E-state index in [2.05, 4.69) is 26.3 Å². The zero-order valence-electron chi connectivity index (χ0n) is 32.4. The lowest BCUT2D eigenvalue weighted by Gasteiger charge is -2.35. The number of nitrogens with two attached hydrogens (primary N) is 1. The highest BCUT2D eigenvalue weighted by Gasteiger charge is 2.44. The number of thiazole rings is 1. The van der Waals surface area contributed by atoms with Crippen molar-refractivity contribution in [3.8, 4) is 10.4 Å². The van der Waals surface area contributed by atoms with Crippen molar-refractivity contribution in [3.05, 3.63) is 95.1 Å². The summed E-state index contributed by atoms with van der Waals surface area (Å²) < 4.78 is 10.8. The first-order valence-corrected chi connectivity index (χ1v) is 19.3. The van der Waals surface area contributed by atoms with Gasteiger partial charge in [-0.05, 0) is 59.9 Å². The summed E-state index contributed by atoms with van der Waals surface area (Å²) in [6.45, 7) is 6.89. The molecular formula is C41H49N7O8S. The number of aliphatic hydroxyl groups excluding tert-OH is 1. The molecule has 0 spiro atoms. The molecule has 0 bridgehead atoms. The highest BCUT2D eigenvalue weighted by atomic mass is 32.1. The van der Waals surface area contributed by atoms with Gasteiger partial charge in [0.1, 0.15) is 25.3 Å². The van der Waals surface area contributed by atoms with Crippen molar-refractivity contribution in [1.82, 2.24) is 20.5 Å². The number of ether oxygens (including phenoxy) is 2. The molecule has 57 heavy (non-hydrogen) atoms. The fraction of sp³-hybridized carbons (Fsp3) is 0.366. The van der Waals surface area contributed by atoms with Crippen LogP contribution in [0.3, 0.4) is 0 Å². The van der Waals surface area contributed by atoms with Crippen LogP contribution in [-0.4, -0.2) is 95.7 Å². The second-order valence-corrected chi connectivity index (χ2v) is 15.6. The van der Waals surface area contributed by atoms with Gasteiger partial charge in [0.05, 0.1) is 46.8 Å². The molecule has 4 aromatic rings. The first-order chi connectivity index (χ1) is 27.2. The number of amides is 5. The van der Waals surface area contributed by atoms with Gasteiger partial charge in [0.2, 0.25) is 23.6 Å². The number of aryl methyl sites for hydroxylation is 1. The van der Waals surface area contributed by atoms with Crippen LogP contribution >= 0.6 is 11.3 Å². The van der Waals surface area contributed by atoms with E-state index in [0.717, 1.165) is 21.7 Å². The number of benzene rings is 3. The molecule has 1 aromatic heterocycles. The summed E-state index contributed by atoms with van der Waals surface area (Å²) in [4.78, 5) is 71.8. The van der Waals surface area contributed by atoms with Crippen LogP contribution in [0.2, 0.25) is 0 Å². The minimum Gasteiger partial charge on any atom is -0.397 e. The van der Waals surface area contributed by atoms with E-state index in [4.69, 9.17) is 15.2 Å². The summed E-state index contributed by atoms with van der Waals surface area (Å²) in [5.41, 5.74) is 11.6. The Morgan fingerprint density at radius 2 is 1.60 bits per heavy atom. The molecule has 16 heteroatoms. The Morgan fingerprint density at radius 1 is 0.930 bits per heavy atom. The second kappa shape index (κ2) is 19.5. The molecule has 302 valence electrons. The molecule has 5 rings (SSSR count). The lowest BCUT2D eigenvalue weighted by atomic mass is 9.85. The SMILES string of the molecule is Cc1ncsc1-c1ccc(CNC(=O)[C@@H]2C[C@@H](O)CN2C(=O)[C@@H](NC(=O)COCCOCC(=O)Nc2ccc(C(=O)Nc3ccccc3N)cc2)C(C)(C)C)cc1. The van der Waals surface area contributed by atoms with Crippen LogP contribution in [0.4, 0.5) is 17.1 Å². The maximum absolute atomic E-state index is 13.9. The van der Waals surface area contributed by atoms with Crippen LogP contribution in [0.5, 0.6) is 0 Å². The van der Waals surface area contributed by atoms with Gasteiger partial charge < -0.3 is 46.5 Å². The van der Waals surface area contributed by atoms with Crippen LogP contribution in [0.25, 0.3) is 10.4 Å². The van der Waals surface area contributed by atoms with Crippen LogP contribution < -0.4 is 27.0 Å². The number of β-amino-alcohol motifs (C(OH)–C–C–N with tert-alkyl or cyclic N) is 1. The Morgan fingerprint density at radius 3 is 2.23 bits per heavy atom. The van der Waals surface area contributed by atoms with Gasteiger partial charge in [-0.1, -0.05) is 57.2 Å². The summed E-state index contributed by atoms with van der Waals surface area (Å²) in [5, 5.41) is 21.6. The van der Waals surface area contributed by atoms with Gasteiger partial charge >= 0.3 is 0 Å². The van der Waals surface area contributed by atoms with Gasteiger partial charge in [-0.3, -0.25) is 24.0 Å². The molecular weight excluding hydrogens is 751 g/mol. The first kappa shape index (κ1) is 42.5. The van der Waals surface area contributed by atoms with E-state index in [0.29, 0.717) is 22.6 Å². The van der Waals surface area contributed by atoms with E-state index < -0.39 is 47.2 Å². The zero-order chi connectivity index (χ0) is 41.1. The average Bonchev–Trinajstić information content (AvgIpc) is 3.80. The molecule has 3 aromatic carbocycles. The number of aliphatic hydroxyl groups is 1. The van der Waals surface area contributed by atoms with Crippen molar-refractivity contribution in [2.45, 2.75) is 58.8 Å². The van der Waals surface area contributed by atoms with Crippen LogP contribution in [0, 0.1) is 12.3 Å². The molecule has 0 saturated carbocycles. The average molecular weight is 800 g/mol. The van der Waals surface area contributed by atoms with E-state index in [1.54, 1.807) is 86.1 Å². The molecule has 1 aliphatic rings. The van der Waals surface area contributed by atoms with Gasteiger partial charge in [-0.15, -0.1) is 11.3 Å². The third-order valence-corrected chi connectivity index (χ3v) is 10.2. The lowest BCUT2D eigenvalue weighted by Crippen LogP contribution is -2.58. The number of para-hydroxylation sites is 2. The Bertz CT molecular complexity index is 2030. The molecule has 1 aliphatic heterocycles.